The van der Waals surface area contributed by atoms with Crippen LogP contribution in [0.25, 0.3) is 0 Å². The molecule has 0 unspecified atom stereocenters. The average Bonchev–Trinajstić information content (AvgIpc) is 2.52. The molecule has 0 bridgehead atoms. The smallest absolute Gasteiger partial charge is 0.127 e. The Hall–Kier alpha value is -1.66. The van der Waals surface area contributed by atoms with Crippen molar-refractivity contribution in [2.45, 2.75) is 0 Å². The molecule has 0 amide bonds. The van der Waals surface area contributed by atoms with E-state index >= 15 is 0 Å². The second-order valence-corrected chi connectivity index (χ2v) is 6.09. The Labute approximate surface area is 146 Å². The van der Waals surface area contributed by atoms with Gasteiger partial charge in [0, 0.05) is 20.1 Å². The summed E-state index contributed by atoms with van der Waals surface area (Å²) in [5.74, 6) is 1.48. The van der Waals surface area contributed by atoms with Gasteiger partial charge in [-0.3, -0.25) is 0 Å². The molecule has 0 aromatic heterocycles. The van der Waals surface area contributed by atoms with Gasteiger partial charge in [0.1, 0.15) is 11.5 Å². The summed E-state index contributed by atoms with van der Waals surface area (Å²) in [5.41, 5.74) is 1.69. The summed E-state index contributed by atoms with van der Waals surface area (Å²) < 4.78 is 12.5. The number of hydrogen-bond donors (Lipinski definition) is 0. The molecule has 0 saturated heterocycles. The molecule has 22 heavy (non-hydrogen) atoms. The SMILES string of the molecule is COc1ccc(Br)cc1C=N/N=C/c1cc(Br)ccc1OC. The number of benzene rings is 2. The zero-order valence-corrected chi connectivity index (χ0v) is 15.3. The second-order valence-electron chi connectivity index (χ2n) is 4.26. The van der Waals surface area contributed by atoms with Crippen LogP contribution >= 0.6 is 31.9 Å². The molecule has 2 rings (SSSR count). The fraction of sp³-hybridized carbons (Fsp3) is 0.125. The van der Waals surface area contributed by atoms with Crippen molar-refractivity contribution in [3.8, 4) is 11.5 Å². The minimum Gasteiger partial charge on any atom is -0.496 e. The van der Waals surface area contributed by atoms with Crippen molar-refractivity contribution in [2.24, 2.45) is 10.2 Å². The Kier molecular flexibility index (Phi) is 6.15. The van der Waals surface area contributed by atoms with Gasteiger partial charge in [0.2, 0.25) is 0 Å². The minimum absolute atomic E-state index is 0.738. The van der Waals surface area contributed by atoms with Gasteiger partial charge in [0.15, 0.2) is 0 Å². The fourth-order valence-electron chi connectivity index (χ4n) is 1.80. The Balaban J connectivity index is 2.19. The third-order valence-electron chi connectivity index (χ3n) is 2.84. The molecule has 0 aliphatic carbocycles. The summed E-state index contributed by atoms with van der Waals surface area (Å²) in [6.07, 6.45) is 3.29. The van der Waals surface area contributed by atoms with Gasteiger partial charge in [-0.1, -0.05) is 31.9 Å². The maximum Gasteiger partial charge on any atom is 0.127 e. The lowest BCUT2D eigenvalue weighted by atomic mass is 10.2. The van der Waals surface area contributed by atoms with E-state index in [0.29, 0.717) is 0 Å². The van der Waals surface area contributed by atoms with Gasteiger partial charge >= 0.3 is 0 Å². The molecule has 2 aromatic rings. The number of ether oxygens (including phenoxy) is 2. The molecule has 0 saturated carbocycles. The van der Waals surface area contributed by atoms with Crippen LogP contribution in [-0.4, -0.2) is 26.6 Å². The lowest BCUT2D eigenvalue weighted by Gasteiger charge is -2.04. The average molecular weight is 426 g/mol. The van der Waals surface area contributed by atoms with Crippen molar-refractivity contribution >= 4 is 44.3 Å². The lowest BCUT2D eigenvalue weighted by molar-refractivity contribution is 0.414. The number of rotatable bonds is 5. The van der Waals surface area contributed by atoms with E-state index in [1.165, 1.54) is 0 Å². The molecule has 0 atom stereocenters. The van der Waals surface area contributed by atoms with Gasteiger partial charge in [-0.15, -0.1) is 0 Å². The third-order valence-corrected chi connectivity index (χ3v) is 3.83. The van der Waals surface area contributed by atoms with Gasteiger partial charge in [0.25, 0.3) is 0 Å². The van der Waals surface area contributed by atoms with Crippen molar-refractivity contribution in [1.82, 2.24) is 0 Å². The minimum atomic E-state index is 0.738. The Morgan fingerprint density at radius 2 is 1.18 bits per heavy atom. The van der Waals surface area contributed by atoms with Gasteiger partial charge < -0.3 is 9.47 Å². The summed E-state index contributed by atoms with van der Waals surface area (Å²) >= 11 is 6.84. The first kappa shape index (κ1) is 16.7. The van der Waals surface area contributed by atoms with Crippen LogP contribution in [0.3, 0.4) is 0 Å². The molecule has 6 heteroatoms. The first-order valence-electron chi connectivity index (χ1n) is 6.37. The Morgan fingerprint density at radius 1 is 0.773 bits per heavy atom. The largest absolute Gasteiger partial charge is 0.496 e. The zero-order chi connectivity index (χ0) is 15.9. The van der Waals surface area contributed by atoms with Crippen LogP contribution in [0.15, 0.2) is 55.5 Å². The fourth-order valence-corrected chi connectivity index (χ4v) is 2.56. The highest BCUT2D eigenvalue weighted by atomic mass is 79.9. The highest BCUT2D eigenvalue weighted by Crippen LogP contribution is 2.22. The van der Waals surface area contributed by atoms with E-state index in [0.717, 1.165) is 31.6 Å². The van der Waals surface area contributed by atoms with Crippen LogP contribution < -0.4 is 9.47 Å². The lowest BCUT2D eigenvalue weighted by Crippen LogP contribution is -1.91. The van der Waals surface area contributed by atoms with E-state index < -0.39 is 0 Å². The number of hydrogen-bond acceptors (Lipinski definition) is 4. The van der Waals surface area contributed by atoms with E-state index in [4.69, 9.17) is 9.47 Å². The molecule has 2 aromatic carbocycles. The predicted molar refractivity (Wildman–Crippen MR) is 96.6 cm³/mol. The van der Waals surface area contributed by atoms with Gasteiger partial charge in [-0.25, -0.2) is 0 Å². The highest BCUT2D eigenvalue weighted by Gasteiger charge is 2.01. The van der Waals surface area contributed by atoms with Crippen molar-refractivity contribution in [3.05, 3.63) is 56.5 Å². The molecule has 0 N–H and O–H groups in total. The van der Waals surface area contributed by atoms with Crippen molar-refractivity contribution < 1.29 is 9.47 Å². The maximum atomic E-state index is 5.28. The molecular weight excluding hydrogens is 412 g/mol. The Bertz CT molecular complexity index is 654. The van der Waals surface area contributed by atoms with E-state index in [9.17, 15) is 0 Å². The van der Waals surface area contributed by atoms with Crippen LogP contribution in [0.2, 0.25) is 0 Å². The van der Waals surface area contributed by atoms with Crippen molar-refractivity contribution in [3.63, 3.8) is 0 Å². The molecule has 0 heterocycles. The number of nitrogens with zero attached hydrogens (tertiary/aromatic N) is 2. The summed E-state index contributed by atoms with van der Waals surface area (Å²) in [4.78, 5) is 0. The van der Waals surface area contributed by atoms with E-state index in [1.807, 2.05) is 36.4 Å². The molecule has 0 aliphatic heterocycles. The Morgan fingerprint density at radius 3 is 1.55 bits per heavy atom. The predicted octanol–water partition coefficient (Wildman–Crippen LogP) is 4.68. The first-order chi connectivity index (χ1) is 10.6. The molecule has 0 spiro atoms. The normalized spacial score (nSPS) is 11.3. The second kappa shape index (κ2) is 8.10. The summed E-state index contributed by atoms with van der Waals surface area (Å²) in [5, 5.41) is 8.13. The highest BCUT2D eigenvalue weighted by molar-refractivity contribution is 9.10. The van der Waals surface area contributed by atoms with Gasteiger partial charge in [0.05, 0.1) is 26.6 Å². The third kappa shape index (κ3) is 4.42. The number of methoxy groups -OCH3 is 2. The van der Waals surface area contributed by atoms with Crippen LogP contribution in [0.4, 0.5) is 0 Å². The molecule has 0 aliphatic rings. The monoisotopic (exact) mass is 424 g/mol. The summed E-state index contributed by atoms with van der Waals surface area (Å²) in [6.45, 7) is 0. The quantitative estimate of drug-likeness (QED) is 0.515. The van der Waals surface area contributed by atoms with Crippen molar-refractivity contribution in [2.75, 3.05) is 14.2 Å². The van der Waals surface area contributed by atoms with Gasteiger partial charge in [-0.2, -0.15) is 10.2 Å². The molecule has 0 fully saturated rings. The van der Waals surface area contributed by atoms with Crippen LogP contribution in [0, 0.1) is 0 Å². The number of halogens is 2. The zero-order valence-electron chi connectivity index (χ0n) is 12.1. The topological polar surface area (TPSA) is 43.2 Å². The standard InChI is InChI=1S/C16H14Br2N2O2/c1-21-15-5-3-13(17)7-11(15)9-19-20-10-12-8-14(18)4-6-16(12)22-2/h3-10H,1-2H3/b19-9+,20-10?. The maximum absolute atomic E-state index is 5.28. The van der Waals surface area contributed by atoms with Gasteiger partial charge in [-0.05, 0) is 36.4 Å². The summed E-state index contributed by atoms with van der Waals surface area (Å²) in [7, 11) is 3.24. The molecule has 4 nitrogen and oxygen atoms in total. The van der Waals surface area contributed by atoms with Crippen LogP contribution in [0.5, 0.6) is 11.5 Å². The van der Waals surface area contributed by atoms with E-state index in [2.05, 4.69) is 42.1 Å². The van der Waals surface area contributed by atoms with E-state index in [-0.39, 0.29) is 0 Å². The molecular formula is C16H14Br2N2O2. The van der Waals surface area contributed by atoms with Crippen LogP contribution in [-0.2, 0) is 0 Å². The molecule has 0 radical (unpaired) electrons. The van der Waals surface area contributed by atoms with E-state index in [1.54, 1.807) is 26.6 Å². The van der Waals surface area contributed by atoms with Crippen LogP contribution in [0.1, 0.15) is 11.1 Å². The molecule has 114 valence electrons. The summed E-state index contributed by atoms with van der Waals surface area (Å²) in [6, 6.07) is 11.4. The first-order valence-corrected chi connectivity index (χ1v) is 7.96. The van der Waals surface area contributed by atoms with Crippen molar-refractivity contribution in [1.29, 1.82) is 0 Å².